The van der Waals surface area contributed by atoms with Gasteiger partial charge in [-0.05, 0) is 54.5 Å². The highest BCUT2D eigenvalue weighted by atomic mass is 16.7. The summed E-state index contributed by atoms with van der Waals surface area (Å²) >= 11 is 0. The topological polar surface area (TPSA) is 98.8 Å². The Morgan fingerprint density at radius 3 is 2.31 bits per heavy atom. The van der Waals surface area contributed by atoms with Gasteiger partial charge in [0.05, 0.1) is 32.5 Å². The van der Waals surface area contributed by atoms with Crippen molar-refractivity contribution in [1.82, 2.24) is 0 Å². The van der Waals surface area contributed by atoms with Crippen LogP contribution in [0.4, 0.5) is 0 Å². The van der Waals surface area contributed by atoms with E-state index in [0.717, 1.165) is 5.56 Å². The number of rotatable bonds is 6. The van der Waals surface area contributed by atoms with Crippen LogP contribution in [0.15, 0.2) is 48.2 Å². The van der Waals surface area contributed by atoms with Crippen LogP contribution < -0.4 is 33.2 Å². The van der Waals surface area contributed by atoms with Crippen LogP contribution in [0.3, 0.4) is 0 Å². The SMILES string of the molecule is COc1cc(C(=O)Oc2cc(C)c3c(c2)O/C(=C\c2ccc4c(c2)OCO4)C3=O)cc(OC)c1OC. The van der Waals surface area contributed by atoms with Gasteiger partial charge in [-0.1, -0.05) is 6.07 Å². The minimum Gasteiger partial charge on any atom is -0.493 e. The molecule has 0 aliphatic carbocycles. The van der Waals surface area contributed by atoms with E-state index in [1.165, 1.54) is 39.5 Å². The molecule has 9 heteroatoms. The fourth-order valence-electron chi connectivity index (χ4n) is 4.06. The van der Waals surface area contributed by atoms with Crippen LogP contribution in [0.5, 0.6) is 40.2 Å². The molecule has 2 aliphatic heterocycles. The number of hydrogen-bond donors (Lipinski definition) is 0. The Labute approximate surface area is 206 Å². The molecule has 0 spiro atoms. The number of aryl methyl sites for hydroxylation is 1. The van der Waals surface area contributed by atoms with Crippen molar-refractivity contribution in [3.05, 3.63) is 70.5 Å². The minimum absolute atomic E-state index is 0.153. The van der Waals surface area contributed by atoms with Gasteiger partial charge in [0.1, 0.15) is 11.5 Å². The van der Waals surface area contributed by atoms with Gasteiger partial charge in [-0.3, -0.25) is 4.79 Å². The smallest absolute Gasteiger partial charge is 0.343 e. The molecule has 2 aliphatic rings. The van der Waals surface area contributed by atoms with Crippen molar-refractivity contribution in [3.63, 3.8) is 0 Å². The van der Waals surface area contributed by atoms with E-state index in [1.54, 1.807) is 37.3 Å². The van der Waals surface area contributed by atoms with E-state index in [4.69, 9.17) is 33.2 Å². The first-order valence-electron chi connectivity index (χ1n) is 10.9. The first-order chi connectivity index (χ1) is 17.4. The average Bonchev–Trinajstić information content (AvgIpc) is 3.46. The summed E-state index contributed by atoms with van der Waals surface area (Å²) < 4.78 is 38.1. The quantitative estimate of drug-likeness (QED) is 0.279. The van der Waals surface area contributed by atoms with Gasteiger partial charge in [0, 0.05) is 6.07 Å². The number of allylic oxidation sites excluding steroid dienone is 1. The van der Waals surface area contributed by atoms with Crippen molar-refractivity contribution < 1.29 is 42.7 Å². The number of carbonyl (C=O) groups excluding carboxylic acids is 2. The van der Waals surface area contributed by atoms with Crippen molar-refractivity contribution in [1.29, 1.82) is 0 Å². The predicted molar refractivity (Wildman–Crippen MR) is 128 cm³/mol. The van der Waals surface area contributed by atoms with Gasteiger partial charge in [0.15, 0.2) is 28.8 Å². The van der Waals surface area contributed by atoms with E-state index in [-0.39, 0.29) is 29.6 Å². The normalized spacial score (nSPS) is 14.3. The zero-order valence-electron chi connectivity index (χ0n) is 20.0. The van der Waals surface area contributed by atoms with Crippen molar-refractivity contribution >= 4 is 17.8 Å². The molecule has 0 saturated carbocycles. The van der Waals surface area contributed by atoms with E-state index in [0.29, 0.717) is 45.6 Å². The van der Waals surface area contributed by atoms with Crippen molar-refractivity contribution in [2.75, 3.05) is 28.1 Å². The maximum atomic E-state index is 13.0. The molecule has 0 aromatic heterocycles. The molecule has 0 N–H and O–H groups in total. The lowest BCUT2D eigenvalue weighted by Crippen LogP contribution is -2.10. The zero-order chi connectivity index (χ0) is 25.4. The highest BCUT2D eigenvalue weighted by molar-refractivity contribution is 6.15. The van der Waals surface area contributed by atoms with Gasteiger partial charge in [-0.15, -0.1) is 0 Å². The Morgan fingerprint density at radius 2 is 1.61 bits per heavy atom. The Hall–Kier alpha value is -4.66. The van der Waals surface area contributed by atoms with Gasteiger partial charge < -0.3 is 33.2 Å². The lowest BCUT2D eigenvalue weighted by Gasteiger charge is -2.14. The number of hydrogen-bond acceptors (Lipinski definition) is 9. The summed E-state index contributed by atoms with van der Waals surface area (Å²) in [7, 11) is 4.39. The van der Waals surface area contributed by atoms with Crippen LogP contribution >= 0.6 is 0 Å². The molecule has 3 aromatic carbocycles. The average molecular weight is 490 g/mol. The molecule has 3 aromatic rings. The fraction of sp³-hybridized carbons (Fsp3) is 0.185. The van der Waals surface area contributed by atoms with Crippen LogP contribution in [0.2, 0.25) is 0 Å². The maximum absolute atomic E-state index is 13.0. The first-order valence-corrected chi connectivity index (χ1v) is 10.9. The number of fused-ring (bicyclic) bond motifs is 2. The van der Waals surface area contributed by atoms with E-state index < -0.39 is 5.97 Å². The van der Waals surface area contributed by atoms with Crippen LogP contribution in [-0.2, 0) is 0 Å². The summed E-state index contributed by atoms with van der Waals surface area (Å²) in [5, 5.41) is 0. The molecule has 5 rings (SSSR count). The third-order valence-corrected chi connectivity index (χ3v) is 5.75. The Bertz CT molecular complexity index is 1400. The van der Waals surface area contributed by atoms with Crippen LogP contribution in [-0.4, -0.2) is 39.9 Å². The Balaban J connectivity index is 1.40. The summed E-state index contributed by atoms with van der Waals surface area (Å²) in [5.74, 6) is 2.03. The summed E-state index contributed by atoms with van der Waals surface area (Å²) in [6.07, 6.45) is 1.63. The molecule has 0 unspecified atom stereocenters. The molecule has 9 nitrogen and oxygen atoms in total. The third kappa shape index (κ3) is 4.04. The monoisotopic (exact) mass is 490 g/mol. The number of Topliss-reactive ketones (excluding diaryl/α,β-unsaturated/α-hetero) is 1. The van der Waals surface area contributed by atoms with Gasteiger partial charge in [0.2, 0.25) is 18.3 Å². The molecule has 0 atom stereocenters. The molecular weight excluding hydrogens is 468 g/mol. The summed E-state index contributed by atoms with van der Waals surface area (Å²) in [6.45, 7) is 1.91. The summed E-state index contributed by atoms with van der Waals surface area (Å²) in [5.41, 5.74) is 1.94. The van der Waals surface area contributed by atoms with Gasteiger partial charge >= 0.3 is 5.97 Å². The number of ketones is 1. The maximum Gasteiger partial charge on any atom is 0.343 e. The second-order valence-electron chi connectivity index (χ2n) is 7.97. The van der Waals surface area contributed by atoms with Crippen molar-refractivity contribution in [2.45, 2.75) is 6.92 Å². The summed E-state index contributed by atoms with van der Waals surface area (Å²) in [4.78, 5) is 25.9. The molecule has 0 saturated heterocycles. The minimum atomic E-state index is -0.644. The second-order valence-corrected chi connectivity index (χ2v) is 7.97. The second kappa shape index (κ2) is 9.18. The number of benzene rings is 3. The van der Waals surface area contributed by atoms with E-state index in [2.05, 4.69) is 0 Å². The molecule has 0 amide bonds. The number of ether oxygens (including phenoxy) is 7. The zero-order valence-corrected chi connectivity index (χ0v) is 20.0. The van der Waals surface area contributed by atoms with Gasteiger partial charge in [-0.2, -0.15) is 0 Å². The molecule has 0 fully saturated rings. The summed E-state index contributed by atoms with van der Waals surface area (Å²) in [6, 6.07) is 11.5. The third-order valence-electron chi connectivity index (χ3n) is 5.75. The lowest BCUT2D eigenvalue weighted by atomic mass is 10.0. The Morgan fingerprint density at radius 1 is 0.889 bits per heavy atom. The fourth-order valence-corrected chi connectivity index (χ4v) is 4.06. The highest BCUT2D eigenvalue weighted by Crippen LogP contribution is 2.40. The number of methoxy groups -OCH3 is 3. The van der Waals surface area contributed by atoms with Crippen LogP contribution in [0, 0.1) is 6.92 Å². The number of carbonyl (C=O) groups is 2. The number of esters is 1. The molecule has 184 valence electrons. The van der Waals surface area contributed by atoms with E-state index in [9.17, 15) is 9.59 Å². The van der Waals surface area contributed by atoms with Crippen molar-refractivity contribution in [3.8, 4) is 40.2 Å². The van der Waals surface area contributed by atoms with Crippen LogP contribution in [0.1, 0.15) is 31.8 Å². The lowest BCUT2D eigenvalue weighted by molar-refractivity contribution is 0.0733. The molecule has 0 radical (unpaired) electrons. The van der Waals surface area contributed by atoms with E-state index in [1.807, 2.05) is 0 Å². The van der Waals surface area contributed by atoms with Gasteiger partial charge in [-0.25, -0.2) is 4.79 Å². The largest absolute Gasteiger partial charge is 0.493 e. The van der Waals surface area contributed by atoms with Gasteiger partial charge in [0.25, 0.3) is 0 Å². The Kier molecular flexibility index (Phi) is 5.89. The standard InChI is InChI=1S/C27H22O9/c1-14-7-17(35-27(29)16-10-22(30-2)26(32-4)23(11-16)31-3)12-20-24(14)25(28)21(36-20)9-15-5-6-18-19(8-15)34-13-33-18/h5-12H,13H2,1-4H3/b21-9-. The van der Waals surface area contributed by atoms with Crippen LogP contribution in [0.25, 0.3) is 6.08 Å². The molecule has 36 heavy (non-hydrogen) atoms. The van der Waals surface area contributed by atoms with E-state index >= 15 is 0 Å². The highest BCUT2D eigenvalue weighted by Gasteiger charge is 2.31. The molecule has 2 heterocycles. The molecular formula is C27H22O9. The predicted octanol–water partition coefficient (Wildman–Crippen LogP) is 4.58. The van der Waals surface area contributed by atoms with Crippen molar-refractivity contribution in [2.24, 2.45) is 0 Å². The first kappa shape index (κ1) is 23.1. The molecule has 0 bridgehead atoms.